The fourth-order valence-corrected chi connectivity index (χ4v) is 4.75. The summed E-state index contributed by atoms with van der Waals surface area (Å²) in [5.41, 5.74) is 0. The Balaban J connectivity index is 2.21. The molecule has 0 amide bonds. The maximum Gasteiger partial charge on any atom is 0.121 e. The molecule has 0 fully saturated rings. The van der Waals surface area contributed by atoms with Crippen LogP contribution in [0.15, 0.2) is 60.7 Å². The summed E-state index contributed by atoms with van der Waals surface area (Å²) in [6, 6.07) is 22.5. The molecule has 0 atom stereocenters. The molecule has 0 aliphatic heterocycles. The van der Waals surface area contributed by atoms with Crippen molar-refractivity contribution in [1.29, 1.82) is 0 Å². The maximum absolute atomic E-state index is 10.5. The average molecular weight is 253 g/mol. The van der Waals surface area contributed by atoms with Gasteiger partial charge in [0.2, 0.25) is 0 Å². The lowest BCUT2D eigenvalue weighted by molar-refractivity contribution is -0.107. The lowest BCUT2D eigenvalue weighted by atomic mass is 10.4. The van der Waals surface area contributed by atoms with E-state index in [0.717, 1.165) is 18.8 Å². The van der Waals surface area contributed by atoms with Crippen LogP contribution in [0.4, 0.5) is 0 Å². The number of hydrogen-bond donors (Lipinski definition) is 0. The Morgan fingerprint density at radius 2 is 1.33 bits per heavy atom. The zero-order chi connectivity index (χ0) is 12.6. The summed E-state index contributed by atoms with van der Waals surface area (Å²) in [7, 11) is -0.731. The Hall–Kier alpha value is -1.67. The number of rotatable bonds is 6. The van der Waals surface area contributed by atoms with Crippen LogP contribution in [0.2, 0.25) is 6.04 Å². The third kappa shape index (κ3) is 3.41. The van der Waals surface area contributed by atoms with Gasteiger partial charge in [-0.25, -0.2) is 0 Å². The summed E-state index contributed by atoms with van der Waals surface area (Å²) in [5, 5.41) is 2.86. The molecule has 0 aliphatic rings. The molecule has 0 bridgehead atoms. The third-order valence-electron chi connectivity index (χ3n) is 2.99. The highest BCUT2D eigenvalue weighted by Crippen LogP contribution is 2.03. The highest BCUT2D eigenvalue weighted by atomic mass is 28.3. The molecule has 0 aliphatic carbocycles. The topological polar surface area (TPSA) is 17.1 Å². The van der Waals surface area contributed by atoms with Crippen molar-refractivity contribution in [3.63, 3.8) is 0 Å². The standard InChI is InChI=1S/C16H17OSi/c17-13-7-8-14-18(15-9-3-1-4-10-15)16-11-5-2-6-12-16/h1-6,9-13H,7-8,14H2. The molecule has 0 N–H and O–H groups in total. The van der Waals surface area contributed by atoms with Crippen molar-refractivity contribution >= 4 is 25.5 Å². The minimum atomic E-state index is -0.731. The number of aldehydes is 1. The van der Waals surface area contributed by atoms with E-state index in [1.165, 1.54) is 10.4 Å². The van der Waals surface area contributed by atoms with E-state index in [1.54, 1.807) is 0 Å². The molecule has 0 saturated carbocycles. The van der Waals surface area contributed by atoms with E-state index in [2.05, 4.69) is 60.7 Å². The lowest BCUT2D eigenvalue weighted by Gasteiger charge is -2.15. The SMILES string of the molecule is O=CCCC[Si](c1ccccc1)c1ccccc1. The van der Waals surface area contributed by atoms with Crippen LogP contribution in [0.1, 0.15) is 12.8 Å². The summed E-state index contributed by atoms with van der Waals surface area (Å²) in [4.78, 5) is 10.5. The van der Waals surface area contributed by atoms with Crippen molar-refractivity contribution in [2.75, 3.05) is 0 Å². The second-order valence-electron chi connectivity index (χ2n) is 4.27. The molecule has 1 nitrogen and oxygen atoms in total. The van der Waals surface area contributed by atoms with E-state index in [1.807, 2.05) is 0 Å². The molecular formula is C16H17OSi. The third-order valence-corrected chi connectivity index (χ3v) is 5.91. The molecule has 0 heterocycles. The second-order valence-corrected chi connectivity index (χ2v) is 6.88. The number of carbonyl (C=O) groups excluding carboxylic acids is 1. The van der Waals surface area contributed by atoms with E-state index < -0.39 is 8.80 Å². The highest BCUT2D eigenvalue weighted by Gasteiger charge is 2.15. The molecule has 0 unspecified atom stereocenters. The molecule has 18 heavy (non-hydrogen) atoms. The van der Waals surface area contributed by atoms with E-state index in [0.29, 0.717) is 6.42 Å². The fourth-order valence-electron chi connectivity index (χ4n) is 2.10. The van der Waals surface area contributed by atoms with E-state index in [4.69, 9.17) is 0 Å². The normalized spacial score (nSPS) is 10.5. The van der Waals surface area contributed by atoms with Gasteiger partial charge in [0, 0.05) is 6.42 Å². The first-order chi connectivity index (χ1) is 8.92. The zero-order valence-corrected chi connectivity index (χ0v) is 11.4. The Bertz CT molecular complexity index is 427. The van der Waals surface area contributed by atoms with Crippen LogP contribution in [0.25, 0.3) is 0 Å². The van der Waals surface area contributed by atoms with Gasteiger partial charge in [0.05, 0.1) is 0 Å². The van der Waals surface area contributed by atoms with Crippen LogP contribution >= 0.6 is 0 Å². The molecular weight excluding hydrogens is 236 g/mol. The van der Waals surface area contributed by atoms with E-state index >= 15 is 0 Å². The Kier molecular flexibility index (Phi) is 4.91. The van der Waals surface area contributed by atoms with E-state index in [9.17, 15) is 4.79 Å². The summed E-state index contributed by atoms with van der Waals surface area (Å²) < 4.78 is 0. The van der Waals surface area contributed by atoms with Gasteiger partial charge in [-0.05, 0) is 6.42 Å². The number of hydrogen-bond acceptors (Lipinski definition) is 1. The molecule has 2 heteroatoms. The molecule has 1 radical (unpaired) electrons. The first-order valence-electron chi connectivity index (χ1n) is 6.32. The average Bonchev–Trinajstić information content (AvgIpc) is 2.46. The van der Waals surface area contributed by atoms with Gasteiger partial charge in [-0.15, -0.1) is 0 Å². The monoisotopic (exact) mass is 253 g/mol. The molecule has 0 aromatic heterocycles. The van der Waals surface area contributed by atoms with Crippen molar-refractivity contribution in [3.8, 4) is 0 Å². The van der Waals surface area contributed by atoms with Crippen molar-refractivity contribution < 1.29 is 4.79 Å². The van der Waals surface area contributed by atoms with Gasteiger partial charge >= 0.3 is 0 Å². The van der Waals surface area contributed by atoms with Gasteiger partial charge in [-0.1, -0.05) is 77.1 Å². The van der Waals surface area contributed by atoms with Crippen molar-refractivity contribution in [2.45, 2.75) is 18.9 Å². The maximum atomic E-state index is 10.5. The molecule has 91 valence electrons. The van der Waals surface area contributed by atoms with Crippen LogP contribution in [0.5, 0.6) is 0 Å². The van der Waals surface area contributed by atoms with Crippen LogP contribution in [-0.2, 0) is 4.79 Å². The van der Waals surface area contributed by atoms with Gasteiger partial charge in [0.15, 0.2) is 0 Å². The van der Waals surface area contributed by atoms with Gasteiger partial charge < -0.3 is 4.79 Å². The Morgan fingerprint density at radius 1 is 0.833 bits per heavy atom. The first kappa shape index (κ1) is 12.8. The summed E-state index contributed by atoms with van der Waals surface area (Å²) in [5.74, 6) is 0. The fraction of sp³-hybridized carbons (Fsp3) is 0.188. The summed E-state index contributed by atoms with van der Waals surface area (Å²) in [6.45, 7) is 0. The van der Waals surface area contributed by atoms with Gasteiger partial charge in [-0.3, -0.25) is 0 Å². The minimum absolute atomic E-state index is 0.674. The van der Waals surface area contributed by atoms with E-state index in [-0.39, 0.29) is 0 Å². The zero-order valence-electron chi connectivity index (χ0n) is 10.4. The Morgan fingerprint density at radius 3 is 1.78 bits per heavy atom. The van der Waals surface area contributed by atoms with Gasteiger partial charge in [0.1, 0.15) is 15.1 Å². The predicted octanol–water partition coefficient (Wildman–Crippen LogP) is 2.27. The van der Waals surface area contributed by atoms with Crippen molar-refractivity contribution in [1.82, 2.24) is 0 Å². The quantitative estimate of drug-likeness (QED) is 0.438. The summed E-state index contributed by atoms with van der Waals surface area (Å²) in [6.07, 6.45) is 2.69. The van der Waals surface area contributed by atoms with Crippen LogP contribution in [0, 0.1) is 0 Å². The van der Waals surface area contributed by atoms with Gasteiger partial charge in [-0.2, -0.15) is 0 Å². The predicted molar refractivity (Wildman–Crippen MR) is 78.0 cm³/mol. The van der Waals surface area contributed by atoms with Crippen LogP contribution < -0.4 is 10.4 Å². The number of benzene rings is 2. The summed E-state index contributed by atoms with van der Waals surface area (Å²) >= 11 is 0. The molecule has 0 saturated heterocycles. The molecule has 0 spiro atoms. The smallest absolute Gasteiger partial charge is 0.121 e. The lowest BCUT2D eigenvalue weighted by Crippen LogP contribution is -2.41. The first-order valence-corrected chi connectivity index (χ1v) is 8.03. The second kappa shape index (κ2) is 6.92. The largest absolute Gasteiger partial charge is 0.303 e. The number of carbonyl (C=O) groups is 1. The minimum Gasteiger partial charge on any atom is -0.303 e. The highest BCUT2D eigenvalue weighted by molar-refractivity contribution is 6.85. The van der Waals surface area contributed by atoms with Crippen LogP contribution in [0.3, 0.4) is 0 Å². The molecule has 2 rings (SSSR count). The van der Waals surface area contributed by atoms with Gasteiger partial charge in [0.25, 0.3) is 0 Å². The molecule has 2 aromatic rings. The van der Waals surface area contributed by atoms with Crippen molar-refractivity contribution in [2.24, 2.45) is 0 Å². The van der Waals surface area contributed by atoms with Crippen molar-refractivity contribution in [3.05, 3.63) is 60.7 Å². The Labute approximate surface area is 110 Å². The number of unbranched alkanes of at least 4 members (excludes halogenated alkanes) is 1. The van der Waals surface area contributed by atoms with Crippen LogP contribution in [-0.4, -0.2) is 15.1 Å². The molecule has 2 aromatic carbocycles.